The fourth-order valence-electron chi connectivity index (χ4n) is 4.88. The number of halogens is 3. The van der Waals surface area contributed by atoms with Crippen LogP contribution in [0, 0.1) is 20.8 Å². The lowest BCUT2D eigenvalue weighted by Crippen LogP contribution is -2.46. The average Bonchev–Trinajstić information content (AvgIpc) is 2.90. The van der Waals surface area contributed by atoms with Crippen LogP contribution in [0.2, 0.25) is 0 Å². The van der Waals surface area contributed by atoms with Crippen LogP contribution in [-0.2, 0) is 10.0 Å². The van der Waals surface area contributed by atoms with Crippen LogP contribution in [0.4, 0.5) is 17.2 Å². The zero-order valence-corrected chi connectivity index (χ0v) is 26.1. The molecule has 1 aliphatic heterocycles. The molecule has 0 aliphatic carbocycles. The molecule has 220 valence electrons. The second-order valence-electron chi connectivity index (χ2n) is 9.68. The second-order valence-corrected chi connectivity index (χ2v) is 11.3. The van der Waals surface area contributed by atoms with Crippen molar-refractivity contribution in [1.29, 1.82) is 0 Å². The summed E-state index contributed by atoms with van der Waals surface area (Å²) in [4.78, 5) is 21.5. The van der Waals surface area contributed by atoms with Gasteiger partial charge in [-0.05, 0) is 79.9 Å². The molecule has 1 saturated heterocycles. The van der Waals surface area contributed by atoms with E-state index in [0.29, 0.717) is 35.4 Å². The molecule has 0 bridgehead atoms. The van der Waals surface area contributed by atoms with Gasteiger partial charge in [-0.15, -0.1) is 37.2 Å². The fraction of sp³-hybridized carbons (Fsp3) is 0.241. The molecular weight excluding hydrogens is 607 g/mol. The summed E-state index contributed by atoms with van der Waals surface area (Å²) in [5, 5.41) is 10.4. The number of sulfonamides is 1. The van der Waals surface area contributed by atoms with E-state index < -0.39 is 16.0 Å². The number of carbonyl (C=O) groups is 1. The van der Waals surface area contributed by atoms with Gasteiger partial charge in [-0.2, -0.15) is 0 Å². The van der Waals surface area contributed by atoms with Gasteiger partial charge in [-0.3, -0.25) is 4.72 Å². The highest BCUT2D eigenvalue weighted by Gasteiger charge is 2.22. The number of aromatic nitrogens is 1. The van der Waals surface area contributed by atoms with E-state index in [-0.39, 0.29) is 53.4 Å². The first kappa shape index (κ1) is 34.0. The van der Waals surface area contributed by atoms with Crippen molar-refractivity contribution in [3.8, 4) is 0 Å². The van der Waals surface area contributed by atoms with Gasteiger partial charge in [-0.1, -0.05) is 24.3 Å². The third kappa shape index (κ3) is 7.16. The van der Waals surface area contributed by atoms with Crippen LogP contribution >= 0.6 is 37.2 Å². The number of piperazine rings is 1. The molecule has 0 saturated carbocycles. The second kappa shape index (κ2) is 13.6. The molecule has 1 fully saturated rings. The smallest absolute Gasteiger partial charge is 0.336 e. The van der Waals surface area contributed by atoms with Crippen molar-refractivity contribution in [2.24, 2.45) is 0 Å². The molecule has 3 aromatic carbocycles. The van der Waals surface area contributed by atoms with Crippen LogP contribution in [0.25, 0.3) is 10.9 Å². The van der Waals surface area contributed by atoms with Crippen molar-refractivity contribution < 1.29 is 18.3 Å². The summed E-state index contributed by atoms with van der Waals surface area (Å²) >= 11 is 0. The molecule has 1 aromatic heterocycles. The first-order chi connectivity index (χ1) is 18.1. The lowest BCUT2D eigenvalue weighted by molar-refractivity contribution is 0.0699. The third-order valence-corrected chi connectivity index (χ3v) is 8.61. The van der Waals surface area contributed by atoms with Gasteiger partial charge >= 0.3 is 5.97 Å². The maximum atomic E-state index is 13.2. The van der Waals surface area contributed by atoms with Gasteiger partial charge < -0.3 is 14.9 Å². The number of carboxylic acids is 1. The normalized spacial score (nSPS) is 13.0. The number of benzene rings is 3. The molecule has 0 atom stereocenters. The Bertz CT molecular complexity index is 1650. The number of fused-ring (bicyclic) bond motifs is 1. The first-order valence-corrected chi connectivity index (χ1v) is 13.9. The molecule has 0 radical (unpaired) electrons. The molecule has 0 spiro atoms. The summed E-state index contributed by atoms with van der Waals surface area (Å²) in [6.07, 6.45) is 0. The molecule has 4 aromatic rings. The number of rotatable bonds is 6. The summed E-state index contributed by atoms with van der Waals surface area (Å²) < 4.78 is 29.0. The number of aryl methyl sites for hydroxylation is 3. The van der Waals surface area contributed by atoms with Crippen molar-refractivity contribution >= 4 is 81.3 Å². The van der Waals surface area contributed by atoms with Crippen molar-refractivity contribution in [1.82, 2.24) is 4.98 Å². The van der Waals surface area contributed by atoms with E-state index in [9.17, 15) is 18.3 Å². The number of nitrogens with zero attached hydrogens (tertiary/aromatic N) is 3. The minimum Gasteiger partial charge on any atom is -0.478 e. The fourth-order valence-corrected chi connectivity index (χ4v) is 6.24. The molecule has 0 amide bonds. The molecule has 2 N–H and O–H groups in total. The van der Waals surface area contributed by atoms with Crippen LogP contribution < -0.4 is 14.5 Å². The number of hydrogen-bond acceptors (Lipinski definition) is 6. The monoisotopic (exact) mass is 638 g/mol. The molecule has 8 nitrogen and oxygen atoms in total. The lowest BCUT2D eigenvalue weighted by atomic mass is 10.1. The Hall–Kier alpha value is -3.24. The zero-order valence-electron chi connectivity index (χ0n) is 22.8. The molecule has 0 unspecified atom stereocenters. The van der Waals surface area contributed by atoms with Crippen molar-refractivity contribution in [3.63, 3.8) is 0 Å². The number of pyridine rings is 1. The Morgan fingerprint density at radius 3 is 2.05 bits per heavy atom. The van der Waals surface area contributed by atoms with E-state index in [4.69, 9.17) is 4.98 Å². The number of nitrogens with one attached hydrogen (secondary N) is 1. The number of carboxylic acid groups (broad SMARTS) is 1. The summed E-state index contributed by atoms with van der Waals surface area (Å²) in [6.45, 7) is 8.57. The molecular formula is C29H33Cl3N4O4S. The van der Waals surface area contributed by atoms with Crippen LogP contribution in [0.1, 0.15) is 27.0 Å². The van der Waals surface area contributed by atoms with Gasteiger partial charge in [0.15, 0.2) is 0 Å². The zero-order chi connectivity index (χ0) is 27.0. The van der Waals surface area contributed by atoms with Crippen molar-refractivity contribution in [2.45, 2.75) is 25.7 Å². The van der Waals surface area contributed by atoms with E-state index in [0.717, 1.165) is 29.9 Å². The minimum atomic E-state index is -3.87. The highest BCUT2D eigenvalue weighted by atomic mass is 35.5. The Kier molecular flexibility index (Phi) is 11.3. The van der Waals surface area contributed by atoms with Gasteiger partial charge in [0.25, 0.3) is 10.0 Å². The topological polar surface area (TPSA) is 103 Å². The molecule has 2 heterocycles. The van der Waals surface area contributed by atoms with Gasteiger partial charge in [0.1, 0.15) is 5.82 Å². The number of hydrogen-bond donors (Lipinski definition) is 2. The maximum Gasteiger partial charge on any atom is 0.336 e. The van der Waals surface area contributed by atoms with E-state index in [1.165, 1.54) is 6.07 Å². The number of anilines is 3. The predicted molar refractivity (Wildman–Crippen MR) is 173 cm³/mol. The highest BCUT2D eigenvalue weighted by Crippen LogP contribution is 2.29. The average molecular weight is 640 g/mol. The third-order valence-electron chi connectivity index (χ3n) is 7.08. The van der Waals surface area contributed by atoms with Crippen molar-refractivity contribution in [3.05, 3.63) is 89.0 Å². The SMILES string of the molecule is Cc1cc(C)c(S(=O)(=O)Nc2ccc3nc(N4CCN(c5ccccc5)CC4)cc(C(=O)O)c3c2)cc1C.Cl.Cl.Cl. The van der Waals surface area contributed by atoms with Crippen LogP contribution in [0.3, 0.4) is 0 Å². The van der Waals surface area contributed by atoms with E-state index in [2.05, 4.69) is 26.7 Å². The van der Waals surface area contributed by atoms with Gasteiger partial charge in [0.2, 0.25) is 0 Å². The minimum absolute atomic E-state index is 0. The Morgan fingerprint density at radius 1 is 0.805 bits per heavy atom. The molecule has 5 rings (SSSR count). The van der Waals surface area contributed by atoms with Crippen molar-refractivity contribution in [2.75, 3.05) is 40.7 Å². The standard InChI is InChI=1S/C29H30N4O4S.3ClH/c1-19-15-21(3)27(16-20(19)2)38(36,37)31-22-9-10-26-24(17-22)25(29(34)35)18-28(30-26)33-13-11-32(12-14-33)23-7-5-4-6-8-23;;;/h4-10,15-18,31H,11-14H2,1-3H3,(H,34,35);3*1H. The molecule has 41 heavy (non-hydrogen) atoms. The Balaban J connectivity index is 0.00000196. The maximum absolute atomic E-state index is 13.2. The highest BCUT2D eigenvalue weighted by molar-refractivity contribution is 7.92. The lowest BCUT2D eigenvalue weighted by Gasteiger charge is -2.37. The molecule has 12 heteroatoms. The Morgan fingerprint density at radius 2 is 1.41 bits per heavy atom. The Labute approximate surface area is 259 Å². The quantitative estimate of drug-likeness (QED) is 0.257. The summed E-state index contributed by atoms with van der Waals surface area (Å²) in [5.41, 5.74) is 4.56. The van der Waals surface area contributed by atoms with Crippen LogP contribution in [0.5, 0.6) is 0 Å². The van der Waals surface area contributed by atoms with Gasteiger partial charge in [0.05, 0.1) is 16.0 Å². The van der Waals surface area contributed by atoms with Gasteiger partial charge in [0, 0.05) is 42.9 Å². The summed E-state index contributed by atoms with van der Waals surface area (Å²) in [7, 11) is -3.87. The van der Waals surface area contributed by atoms with Gasteiger partial charge in [-0.25, -0.2) is 18.2 Å². The summed E-state index contributed by atoms with van der Waals surface area (Å²) in [6, 6.07) is 20.1. The first-order valence-electron chi connectivity index (χ1n) is 12.5. The number of para-hydroxylation sites is 1. The predicted octanol–water partition coefficient (Wildman–Crippen LogP) is 6.25. The van der Waals surface area contributed by atoms with Crippen LogP contribution in [0.15, 0.2) is 71.6 Å². The summed E-state index contributed by atoms with van der Waals surface area (Å²) in [5.74, 6) is -0.492. The molecule has 1 aliphatic rings. The van der Waals surface area contributed by atoms with E-state index in [1.807, 2.05) is 38.1 Å². The van der Waals surface area contributed by atoms with E-state index in [1.54, 1.807) is 31.2 Å². The number of aromatic carboxylic acids is 1. The largest absolute Gasteiger partial charge is 0.478 e. The van der Waals surface area contributed by atoms with E-state index >= 15 is 0 Å². The van der Waals surface area contributed by atoms with Crippen LogP contribution in [-0.4, -0.2) is 50.7 Å².